The van der Waals surface area contributed by atoms with E-state index in [1.807, 2.05) is 6.07 Å². The molecule has 60 valence electrons. The van der Waals surface area contributed by atoms with Crippen molar-refractivity contribution in [1.29, 1.82) is 5.26 Å². The van der Waals surface area contributed by atoms with Crippen LogP contribution in [0.15, 0.2) is 22.9 Å². The second-order valence-corrected chi connectivity index (χ2v) is 2.95. The van der Waals surface area contributed by atoms with Crippen molar-refractivity contribution in [2.45, 2.75) is 6.92 Å². The predicted octanol–water partition coefficient (Wildman–Crippen LogP) is 2.17. The van der Waals surface area contributed by atoms with Gasteiger partial charge in [0.25, 0.3) is 0 Å². The molecule has 0 spiro atoms. The van der Waals surface area contributed by atoms with Crippen LogP contribution >= 0.6 is 15.9 Å². The Morgan fingerprint density at radius 1 is 1.58 bits per heavy atom. The number of nitrogens with zero attached hydrogens (tertiary/aromatic N) is 3. The van der Waals surface area contributed by atoms with Crippen molar-refractivity contribution in [3.05, 3.63) is 28.8 Å². The van der Waals surface area contributed by atoms with Crippen molar-refractivity contribution >= 4 is 21.5 Å². The number of hydrogen-bond donors (Lipinski definition) is 0. The molecule has 0 N–H and O–H groups in total. The lowest BCUT2D eigenvalue weighted by Gasteiger charge is -1.94. The minimum atomic E-state index is 0.461. The number of rotatable bonds is 1. The molecule has 0 saturated heterocycles. The molecular weight excluding hydrogens is 218 g/mol. The zero-order chi connectivity index (χ0) is 8.97. The second kappa shape index (κ2) is 3.98. The van der Waals surface area contributed by atoms with Gasteiger partial charge in [0.2, 0.25) is 0 Å². The first-order chi connectivity index (χ1) is 5.77. The van der Waals surface area contributed by atoms with Crippen molar-refractivity contribution in [1.82, 2.24) is 9.97 Å². The zero-order valence-electron chi connectivity index (χ0n) is 6.45. The Labute approximate surface area is 78.9 Å². The van der Waals surface area contributed by atoms with Crippen LogP contribution in [0.4, 0.5) is 0 Å². The molecule has 0 aromatic carbocycles. The summed E-state index contributed by atoms with van der Waals surface area (Å²) >= 11 is 3.21. The van der Waals surface area contributed by atoms with Crippen LogP contribution in [0.2, 0.25) is 0 Å². The van der Waals surface area contributed by atoms with Gasteiger partial charge in [-0.2, -0.15) is 5.26 Å². The summed E-state index contributed by atoms with van der Waals surface area (Å²) in [6.45, 7) is 1.78. The fourth-order valence-electron chi connectivity index (χ4n) is 0.695. The van der Waals surface area contributed by atoms with E-state index in [1.54, 1.807) is 25.4 Å². The van der Waals surface area contributed by atoms with E-state index in [0.717, 1.165) is 4.47 Å². The molecule has 12 heavy (non-hydrogen) atoms. The normalized spacial score (nSPS) is 10.9. The maximum Gasteiger partial charge on any atom is 0.169 e. The highest BCUT2D eigenvalue weighted by molar-refractivity contribution is 9.10. The Morgan fingerprint density at radius 2 is 2.17 bits per heavy atom. The number of halogens is 1. The summed E-state index contributed by atoms with van der Waals surface area (Å²) < 4.78 is 0.805. The molecule has 0 aliphatic rings. The van der Waals surface area contributed by atoms with E-state index in [2.05, 4.69) is 25.9 Å². The first-order valence-electron chi connectivity index (χ1n) is 3.32. The summed E-state index contributed by atoms with van der Waals surface area (Å²) in [5.74, 6) is 0.461. The lowest BCUT2D eigenvalue weighted by atomic mass is 10.2. The molecule has 1 aromatic heterocycles. The Balaban J connectivity index is 3.06. The summed E-state index contributed by atoms with van der Waals surface area (Å²) in [6, 6.07) is 2.01. The lowest BCUT2D eigenvalue weighted by molar-refractivity contribution is 1.11. The molecule has 0 amide bonds. The zero-order valence-corrected chi connectivity index (χ0v) is 8.04. The van der Waals surface area contributed by atoms with Crippen LogP contribution in [0.3, 0.4) is 0 Å². The summed E-state index contributed by atoms with van der Waals surface area (Å²) in [5, 5.41) is 8.64. The van der Waals surface area contributed by atoms with Gasteiger partial charge in [0.15, 0.2) is 5.82 Å². The largest absolute Gasteiger partial charge is 0.235 e. The van der Waals surface area contributed by atoms with Gasteiger partial charge in [-0.25, -0.2) is 9.97 Å². The van der Waals surface area contributed by atoms with Crippen LogP contribution < -0.4 is 0 Å². The van der Waals surface area contributed by atoms with E-state index >= 15 is 0 Å². The molecule has 0 aliphatic heterocycles. The average molecular weight is 224 g/mol. The summed E-state index contributed by atoms with van der Waals surface area (Å²) in [7, 11) is 0. The van der Waals surface area contributed by atoms with E-state index < -0.39 is 0 Å². The van der Waals surface area contributed by atoms with Crippen molar-refractivity contribution in [2.75, 3.05) is 0 Å². The minimum Gasteiger partial charge on any atom is -0.235 e. The Kier molecular flexibility index (Phi) is 2.94. The van der Waals surface area contributed by atoms with Gasteiger partial charge in [-0.1, -0.05) is 6.08 Å². The molecule has 0 fully saturated rings. The van der Waals surface area contributed by atoms with E-state index in [9.17, 15) is 0 Å². The summed E-state index contributed by atoms with van der Waals surface area (Å²) in [4.78, 5) is 7.94. The Bertz CT molecular complexity index is 334. The van der Waals surface area contributed by atoms with Crippen LogP contribution in [0.1, 0.15) is 12.7 Å². The van der Waals surface area contributed by atoms with Crippen molar-refractivity contribution in [3.63, 3.8) is 0 Å². The van der Waals surface area contributed by atoms with Crippen LogP contribution in [-0.2, 0) is 0 Å². The Morgan fingerprint density at radius 3 is 2.58 bits per heavy atom. The molecule has 0 atom stereocenters. The average Bonchev–Trinajstić information content (AvgIpc) is 2.10. The monoisotopic (exact) mass is 223 g/mol. The first-order valence-corrected chi connectivity index (χ1v) is 4.11. The van der Waals surface area contributed by atoms with Crippen molar-refractivity contribution < 1.29 is 0 Å². The standard InChI is InChI=1S/C8H6BrN3/c1-2-6(3-10)8-11-4-7(9)5-12-8/h2,4-5H,1H3/b6-2-. The quantitative estimate of drug-likeness (QED) is 0.686. The minimum absolute atomic E-state index is 0.461. The van der Waals surface area contributed by atoms with Crippen LogP contribution in [-0.4, -0.2) is 9.97 Å². The fraction of sp³-hybridized carbons (Fsp3) is 0.125. The SMILES string of the molecule is C/C=C(/C#N)c1ncc(Br)cn1. The Hall–Kier alpha value is -1.21. The van der Waals surface area contributed by atoms with Gasteiger partial charge >= 0.3 is 0 Å². The molecule has 0 radical (unpaired) electrons. The third kappa shape index (κ3) is 1.89. The molecule has 0 saturated carbocycles. The third-order valence-electron chi connectivity index (χ3n) is 1.27. The first kappa shape index (κ1) is 8.88. The summed E-state index contributed by atoms with van der Waals surface area (Å²) in [6.07, 6.45) is 4.91. The molecule has 4 heteroatoms. The number of allylic oxidation sites excluding steroid dienone is 2. The van der Waals surface area contributed by atoms with Gasteiger partial charge in [-0.3, -0.25) is 0 Å². The maximum atomic E-state index is 8.64. The lowest BCUT2D eigenvalue weighted by Crippen LogP contribution is -1.90. The van der Waals surface area contributed by atoms with Gasteiger partial charge in [0, 0.05) is 12.4 Å². The maximum absolute atomic E-state index is 8.64. The van der Waals surface area contributed by atoms with Gasteiger partial charge in [-0.05, 0) is 22.9 Å². The molecule has 3 nitrogen and oxygen atoms in total. The van der Waals surface area contributed by atoms with Gasteiger partial charge in [0.05, 0.1) is 10.0 Å². The topological polar surface area (TPSA) is 49.6 Å². The van der Waals surface area contributed by atoms with Gasteiger partial charge < -0.3 is 0 Å². The number of nitriles is 1. The van der Waals surface area contributed by atoms with E-state index in [4.69, 9.17) is 5.26 Å². The summed E-state index contributed by atoms with van der Waals surface area (Å²) in [5.41, 5.74) is 0.488. The van der Waals surface area contributed by atoms with E-state index in [0.29, 0.717) is 11.4 Å². The molecule has 0 bridgehead atoms. The molecule has 0 aliphatic carbocycles. The molecular formula is C8H6BrN3. The predicted molar refractivity (Wildman–Crippen MR) is 49.0 cm³/mol. The van der Waals surface area contributed by atoms with Crippen molar-refractivity contribution in [3.8, 4) is 6.07 Å². The molecule has 1 aromatic rings. The van der Waals surface area contributed by atoms with E-state index in [-0.39, 0.29) is 0 Å². The highest BCUT2D eigenvalue weighted by Gasteiger charge is 2.00. The van der Waals surface area contributed by atoms with Crippen molar-refractivity contribution in [2.24, 2.45) is 0 Å². The van der Waals surface area contributed by atoms with E-state index in [1.165, 1.54) is 0 Å². The van der Waals surface area contributed by atoms with Gasteiger partial charge in [0.1, 0.15) is 6.07 Å². The smallest absolute Gasteiger partial charge is 0.169 e. The molecule has 0 unspecified atom stereocenters. The van der Waals surface area contributed by atoms with Crippen LogP contribution in [0.5, 0.6) is 0 Å². The highest BCUT2D eigenvalue weighted by atomic mass is 79.9. The molecule has 1 rings (SSSR count). The number of aromatic nitrogens is 2. The fourth-order valence-corrected chi connectivity index (χ4v) is 0.900. The van der Waals surface area contributed by atoms with Crippen LogP contribution in [0, 0.1) is 11.3 Å². The second-order valence-electron chi connectivity index (χ2n) is 2.04. The highest BCUT2D eigenvalue weighted by Crippen LogP contribution is 2.10. The molecule has 1 heterocycles. The number of hydrogen-bond acceptors (Lipinski definition) is 3. The van der Waals surface area contributed by atoms with Crippen LogP contribution in [0.25, 0.3) is 5.57 Å². The van der Waals surface area contributed by atoms with Gasteiger partial charge in [-0.15, -0.1) is 0 Å². The third-order valence-corrected chi connectivity index (χ3v) is 1.68.